The maximum Gasteiger partial charge on any atom is 0.152 e. The van der Waals surface area contributed by atoms with Crippen molar-refractivity contribution in [3.05, 3.63) is 29.2 Å². The highest BCUT2D eigenvalue weighted by Gasteiger charge is 2.06. The molecule has 74 valence electrons. The summed E-state index contributed by atoms with van der Waals surface area (Å²) in [6.07, 6.45) is 2.76. The van der Waals surface area contributed by atoms with Gasteiger partial charge in [0.05, 0.1) is 5.88 Å². The van der Waals surface area contributed by atoms with Crippen LogP contribution in [0.2, 0.25) is 0 Å². The van der Waals surface area contributed by atoms with Crippen LogP contribution in [0.25, 0.3) is 5.00 Å². The third-order valence-corrected chi connectivity index (χ3v) is 3.44. The van der Waals surface area contributed by atoms with Gasteiger partial charge in [-0.3, -0.25) is 4.57 Å². The molecule has 0 aliphatic carbocycles. The van der Waals surface area contributed by atoms with E-state index in [9.17, 15) is 0 Å². The largest absolute Gasteiger partial charge is 0.275 e. The molecule has 2 rings (SSSR count). The molecule has 0 spiro atoms. The van der Waals surface area contributed by atoms with Gasteiger partial charge >= 0.3 is 0 Å². The molecular formula is C9H10ClN3S. The van der Waals surface area contributed by atoms with Gasteiger partial charge in [0.1, 0.15) is 11.3 Å². The maximum atomic E-state index is 5.75. The average Bonchev–Trinajstić information content (AvgIpc) is 2.85. The molecule has 0 bridgehead atoms. The van der Waals surface area contributed by atoms with E-state index in [-0.39, 0.29) is 0 Å². The second-order valence-corrected chi connectivity index (χ2v) is 4.26. The van der Waals surface area contributed by atoms with Crippen molar-refractivity contribution in [1.29, 1.82) is 0 Å². The van der Waals surface area contributed by atoms with E-state index in [4.69, 9.17) is 11.6 Å². The predicted molar refractivity (Wildman–Crippen MR) is 58.2 cm³/mol. The van der Waals surface area contributed by atoms with Crippen LogP contribution in [0, 0.1) is 0 Å². The van der Waals surface area contributed by atoms with Crippen LogP contribution in [0.3, 0.4) is 0 Å². The smallest absolute Gasteiger partial charge is 0.152 e. The minimum absolute atomic E-state index is 0.388. The summed E-state index contributed by atoms with van der Waals surface area (Å²) >= 11 is 7.49. The van der Waals surface area contributed by atoms with Gasteiger partial charge in [-0.25, -0.2) is 0 Å². The van der Waals surface area contributed by atoms with Gasteiger partial charge in [0, 0.05) is 4.88 Å². The molecule has 0 fully saturated rings. The summed E-state index contributed by atoms with van der Waals surface area (Å²) in [4.78, 5) is 1.36. The lowest BCUT2D eigenvalue weighted by Gasteiger charge is -1.98. The van der Waals surface area contributed by atoms with Crippen molar-refractivity contribution in [3.63, 3.8) is 0 Å². The van der Waals surface area contributed by atoms with E-state index < -0.39 is 0 Å². The van der Waals surface area contributed by atoms with Crippen molar-refractivity contribution in [2.45, 2.75) is 19.2 Å². The van der Waals surface area contributed by atoms with Crippen LogP contribution in [0.5, 0.6) is 0 Å². The molecular weight excluding hydrogens is 218 g/mol. The first-order valence-electron chi connectivity index (χ1n) is 4.39. The Bertz CT molecular complexity index is 421. The molecule has 0 amide bonds. The average molecular weight is 228 g/mol. The summed E-state index contributed by atoms with van der Waals surface area (Å²) in [6, 6.07) is 4.20. The molecule has 0 unspecified atom stereocenters. The second kappa shape index (κ2) is 4.11. The fourth-order valence-electron chi connectivity index (χ4n) is 1.22. The predicted octanol–water partition coefficient (Wildman–Crippen LogP) is 2.63. The molecule has 3 nitrogen and oxygen atoms in total. The van der Waals surface area contributed by atoms with E-state index in [1.807, 2.05) is 4.57 Å². The Balaban J connectivity index is 2.38. The number of hydrogen-bond acceptors (Lipinski definition) is 3. The summed E-state index contributed by atoms with van der Waals surface area (Å²) in [5.74, 6) is 1.18. The first-order chi connectivity index (χ1) is 6.85. The number of alkyl halides is 1. The lowest BCUT2D eigenvalue weighted by molar-refractivity contribution is 0.964. The Morgan fingerprint density at radius 2 is 2.36 bits per heavy atom. The van der Waals surface area contributed by atoms with Crippen LogP contribution in [0.15, 0.2) is 18.5 Å². The van der Waals surface area contributed by atoms with Gasteiger partial charge in [0.2, 0.25) is 0 Å². The Morgan fingerprint density at radius 3 is 3.00 bits per heavy atom. The quantitative estimate of drug-likeness (QED) is 0.755. The summed E-state index contributed by atoms with van der Waals surface area (Å²) in [7, 11) is 0. The fourth-order valence-corrected chi connectivity index (χ4v) is 2.34. The van der Waals surface area contributed by atoms with Crippen molar-refractivity contribution in [1.82, 2.24) is 14.8 Å². The molecule has 0 saturated carbocycles. The molecule has 0 N–H and O–H groups in total. The topological polar surface area (TPSA) is 30.7 Å². The standard InChI is InChI=1S/C9H10ClN3S/c1-2-7-3-4-9(14-7)13-6-11-12-8(13)5-10/h3-4,6H,2,5H2,1H3. The molecule has 0 atom stereocenters. The number of halogens is 1. The second-order valence-electron chi connectivity index (χ2n) is 2.84. The van der Waals surface area contributed by atoms with E-state index in [1.54, 1.807) is 17.7 Å². The highest BCUT2D eigenvalue weighted by Crippen LogP contribution is 2.22. The zero-order valence-electron chi connectivity index (χ0n) is 7.77. The van der Waals surface area contributed by atoms with Crippen molar-refractivity contribution in [2.75, 3.05) is 0 Å². The number of hydrogen-bond donors (Lipinski definition) is 0. The highest BCUT2D eigenvalue weighted by atomic mass is 35.5. The zero-order valence-corrected chi connectivity index (χ0v) is 9.35. The Labute approximate surface area is 91.4 Å². The molecule has 0 aliphatic heterocycles. The molecule has 0 aliphatic rings. The summed E-state index contributed by atoms with van der Waals surface area (Å²) in [6.45, 7) is 2.14. The van der Waals surface area contributed by atoms with E-state index in [0.717, 1.165) is 17.2 Å². The van der Waals surface area contributed by atoms with E-state index in [2.05, 4.69) is 29.3 Å². The van der Waals surface area contributed by atoms with Gasteiger partial charge in [-0.15, -0.1) is 33.1 Å². The van der Waals surface area contributed by atoms with Crippen LogP contribution >= 0.6 is 22.9 Å². The molecule has 14 heavy (non-hydrogen) atoms. The Hall–Kier alpha value is -0.870. The number of thiophene rings is 1. The third-order valence-electron chi connectivity index (χ3n) is 1.97. The molecule has 2 aromatic rings. The van der Waals surface area contributed by atoms with Crippen LogP contribution in [-0.4, -0.2) is 14.8 Å². The lowest BCUT2D eigenvalue weighted by atomic mass is 10.4. The number of aromatic nitrogens is 3. The first kappa shape index (κ1) is 9.68. The molecule has 0 aromatic carbocycles. The van der Waals surface area contributed by atoms with Crippen molar-refractivity contribution >= 4 is 22.9 Å². The van der Waals surface area contributed by atoms with Gasteiger partial charge in [0.15, 0.2) is 5.82 Å². The van der Waals surface area contributed by atoms with Crippen molar-refractivity contribution in [3.8, 4) is 5.00 Å². The zero-order chi connectivity index (χ0) is 9.97. The molecule has 0 saturated heterocycles. The summed E-state index contributed by atoms with van der Waals surface area (Å²) < 4.78 is 1.93. The number of rotatable bonds is 3. The van der Waals surface area contributed by atoms with Crippen molar-refractivity contribution < 1.29 is 0 Å². The molecule has 0 radical (unpaired) electrons. The molecule has 5 heteroatoms. The summed E-state index contributed by atoms with van der Waals surface area (Å²) in [5.41, 5.74) is 0. The maximum absolute atomic E-state index is 5.75. The minimum Gasteiger partial charge on any atom is -0.275 e. The number of aryl methyl sites for hydroxylation is 1. The van der Waals surface area contributed by atoms with Crippen LogP contribution in [0.1, 0.15) is 17.6 Å². The SMILES string of the molecule is CCc1ccc(-n2cnnc2CCl)s1. The van der Waals surface area contributed by atoms with E-state index in [0.29, 0.717) is 5.88 Å². The van der Waals surface area contributed by atoms with Gasteiger partial charge < -0.3 is 0 Å². The van der Waals surface area contributed by atoms with Gasteiger partial charge in [-0.2, -0.15) is 0 Å². The van der Waals surface area contributed by atoms with Gasteiger partial charge in [-0.05, 0) is 18.6 Å². The highest BCUT2D eigenvalue weighted by molar-refractivity contribution is 7.14. The first-order valence-corrected chi connectivity index (χ1v) is 5.74. The van der Waals surface area contributed by atoms with Crippen LogP contribution in [0.4, 0.5) is 0 Å². The molecule has 2 heterocycles. The summed E-state index contributed by atoms with van der Waals surface area (Å²) in [5, 5.41) is 8.90. The fraction of sp³-hybridized carbons (Fsp3) is 0.333. The van der Waals surface area contributed by atoms with Crippen LogP contribution in [-0.2, 0) is 12.3 Å². The Kier molecular flexibility index (Phi) is 2.84. The monoisotopic (exact) mass is 227 g/mol. The third kappa shape index (κ3) is 1.67. The van der Waals surface area contributed by atoms with E-state index >= 15 is 0 Å². The van der Waals surface area contributed by atoms with E-state index in [1.165, 1.54) is 4.88 Å². The lowest BCUT2D eigenvalue weighted by Crippen LogP contribution is -1.94. The van der Waals surface area contributed by atoms with Crippen LogP contribution < -0.4 is 0 Å². The van der Waals surface area contributed by atoms with Gasteiger partial charge in [0.25, 0.3) is 0 Å². The molecule has 2 aromatic heterocycles. The van der Waals surface area contributed by atoms with Gasteiger partial charge in [-0.1, -0.05) is 6.92 Å². The normalized spacial score (nSPS) is 10.7. The number of nitrogens with zero attached hydrogens (tertiary/aromatic N) is 3. The Morgan fingerprint density at radius 1 is 1.50 bits per heavy atom. The van der Waals surface area contributed by atoms with Crippen molar-refractivity contribution in [2.24, 2.45) is 0 Å². The minimum atomic E-state index is 0.388.